The van der Waals surface area contributed by atoms with E-state index >= 15 is 0 Å². The lowest BCUT2D eigenvalue weighted by Gasteiger charge is -2.06. The smallest absolute Gasteiger partial charge is 0.247 e. The van der Waals surface area contributed by atoms with Crippen molar-refractivity contribution in [3.05, 3.63) is 34.2 Å². The van der Waals surface area contributed by atoms with Crippen molar-refractivity contribution in [2.75, 3.05) is 0 Å². The molecule has 0 fully saturated rings. The summed E-state index contributed by atoms with van der Waals surface area (Å²) in [6, 6.07) is 3.45. The van der Waals surface area contributed by atoms with Gasteiger partial charge in [0.1, 0.15) is 0 Å². The zero-order valence-corrected chi connectivity index (χ0v) is 6.92. The number of H-pyrrole nitrogens is 1. The lowest BCUT2D eigenvalue weighted by atomic mass is 10.0. The molecule has 0 amide bonds. The number of pyridine rings is 1. The maximum atomic E-state index is 10.7. The summed E-state index contributed by atoms with van der Waals surface area (Å²) in [4.78, 5) is 13.3. The minimum Gasteiger partial charge on any atom is -0.329 e. The Hall–Kier alpha value is -1.05. The topological polar surface area (TPSA) is 32.9 Å². The van der Waals surface area contributed by atoms with Crippen molar-refractivity contribution in [3.63, 3.8) is 0 Å². The third kappa shape index (κ3) is 1.93. The fraction of sp³-hybridized carbons (Fsp3) is 0.444. The fourth-order valence-corrected chi connectivity index (χ4v) is 0.965. The van der Waals surface area contributed by atoms with Gasteiger partial charge in [-0.1, -0.05) is 19.9 Å². The quantitative estimate of drug-likeness (QED) is 0.687. The summed E-state index contributed by atoms with van der Waals surface area (Å²) in [5.41, 5.74) is 1.17. The van der Waals surface area contributed by atoms with Crippen LogP contribution in [0.2, 0.25) is 0 Å². The molecule has 0 aliphatic heterocycles. The molecule has 0 aliphatic carbocycles. The molecule has 0 saturated carbocycles. The van der Waals surface area contributed by atoms with Gasteiger partial charge < -0.3 is 4.98 Å². The largest absolute Gasteiger partial charge is 0.329 e. The average molecular weight is 151 g/mol. The average Bonchev–Trinajstić information content (AvgIpc) is 2.05. The number of aromatic amines is 1. The first kappa shape index (κ1) is 8.05. The Kier molecular flexibility index (Phi) is 2.47. The summed E-state index contributed by atoms with van der Waals surface area (Å²) in [5.74, 6) is 0.534. The molecule has 1 atom stereocenters. The van der Waals surface area contributed by atoms with Crippen LogP contribution in [0.4, 0.5) is 0 Å². The van der Waals surface area contributed by atoms with Crippen LogP contribution < -0.4 is 5.56 Å². The van der Waals surface area contributed by atoms with Gasteiger partial charge in [-0.15, -0.1) is 0 Å². The Morgan fingerprint density at radius 2 is 2.27 bits per heavy atom. The first-order valence-corrected chi connectivity index (χ1v) is 3.92. The predicted octanol–water partition coefficient (Wildman–Crippen LogP) is 1.89. The van der Waals surface area contributed by atoms with Crippen molar-refractivity contribution in [3.8, 4) is 0 Å². The van der Waals surface area contributed by atoms with Crippen LogP contribution in [0.3, 0.4) is 0 Å². The normalized spacial score (nSPS) is 12.9. The second kappa shape index (κ2) is 3.37. The summed E-state index contributed by atoms with van der Waals surface area (Å²) < 4.78 is 0. The Labute approximate surface area is 66.3 Å². The monoisotopic (exact) mass is 151 g/mol. The maximum absolute atomic E-state index is 10.7. The van der Waals surface area contributed by atoms with Gasteiger partial charge in [-0.25, -0.2) is 0 Å². The van der Waals surface area contributed by atoms with Crippen molar-refractivity contribution in [2.24, 2.45) is 0 Å². The van der Waals surface area contributed by atoms with E-state index in [2.05, 4.69) is 18.8 Å². The molecule has 1 heterocycles. The molecule has 1 aromatic rings. The van der Waals surface area contributed by atoms with E-state index in [0.29, 0.717) is 5.92 Å². The SMILES string of the molecule is CCC(C)c1ccc(=O)[nH]c1. The number of hydrogen-bond donors (Lipinski definition) is 1. The molecule has 2 nitrogen and oxygen atoms in total. The molecule has 1 aromatic heterocycles. The van der Waals surface area contributed by atoms with Crippen LogP contribution >= 0.6 is 0 Å². The Morgan fingerprint density at radius 1 is 1.55 bits per heavy atom. The first-order valence-electron chi connectivity index (χ1n) is 3.92. The second-order valence-electron chi connectivity index (χ2n) is 2.80. The highest BCUT2D eigenvalue weighted by atomic mass is 16.1. The molecule has 1 unspecified atom stereocenters. The van der Waals surface area contributed by atoms with E-state index in [1.807, 2.05) is 6.07 Å². The molecule has 0 spiro atoms. The Balaban J connectivity index is 2.89. The second-order valence-corrected chi connectivity index (χ2v) is 2.80. The van der Waals surface area contributed by atoms with E-state index in [4.69, 9.17) is 0 Å². The zero-order valence-electron chi connectivity index (χ0n) is 6.92. The Morgan fingerprint density at radius 3 is 2.73 bits per heavy atom. The number of rotatable bonds is 2. The van der Waals surface area contributed by atoms with Gasteiger partial charge in [0.15, 0.2) is 0 Å². The highest BCUT2D eigenvalue weighted by molar-refractivity contribution is 5.13. The molecular formula is C9H13NO. The van der Waals surface area contributed by atoms with E-state index in [-0.39, 0.29) is 5.56 Å². The number of hydrogen-bond acceptors (Lipinski definition) is 1. The van der Waals surface area contributed by atoms with Gasteiger partial charge in [0.05, 0.1) is 0 Å². The number of aromatic nitrogens is 1. The minimum atomic E-state index is -0.0305. The van der Waals surface area contributed by atoms with Gasteiger partial charge in [0, 0.05) is 12.3 Å². The highest BCUT2D eigenvalue weighted by Crippen LogP contribution is 2.15. The molecule has 1 rings (SSSR count). The van der Waals surface area contributed by atoms with E-state index < -0.39 is 0 Å². The first-order chi connectivity index (χ1) is 5.24. The predicted molar refractivity (Wildman–Crippen MR) is 45.8 cm³/mol. The summed E-state index contributed by atoms with van der Waals surface area (Å²) in [5, 5.41) is 0. The van der Waals surface area contributed by atoms with Gasteiger partial charge in [-0.2, -0.15) is 0 Å². The highest BCUT2D eigenvalue weighted by Gasteiger charge is 2.00. The van der Waals surface area contributed by atoms with Crippen molar-refractivity contribution < 1.29 is 0 Å². The molecule has 0 aliphatic rings. The van der Waals surface area contributed by atoms with Crippen molar-refractivity contribution in [2.45, 2.75) is 26.2 Å². The lowest BCUT2D eigenvalue weighted by molar-refractivity contribution is 0.728. The molecule has 11 heavy (non-hydrogen) atoms. The molecule has 0 bridgehead atoms. The van der Waals surface area contributed by atoms with E-state index in [0.717, 1.165) is 6.42 Å². The molecule has 0 saturated heterocycles. The van der Waals surface area contributed by atoms with Gasteiger partial charge in [-0.3, -0.25) is 4.79 Å². The van der Waals surface area contributed by atoms with Crippen molar-refractivity contribution >= 4 is 0 Å². The van der Waals surface area contributed by atoms with Gasteiger partial charge >= 0.3 is 0 Å². The molecule has 2 heteroatoms. The molecule has 0 aromatic carbocycles. The van der Waals surface area contributed by atoms with Gasteiger partial charge in [0.2, 0.25) is 5.56 Å². The van der Waals surface area contributed by atoms with E-state index in [1.54, 1.807) is 12.3 Å². The Bertz CT molecular complexity index is 257. The molecule has 1 N–H and O–H groups in total. The summed E-state index contributed by atoms with van der Waals surface area (Å²) >= 11 is 0. The summed E-state index contributed by atoms with van der Waals surface area (Å²) in [6.07, 6.45) is 2.89. The van der Waals surface area contributed by atoms with Crippen LogP contribution in [-0.2, 0) is 0 Å². The van der Waals surface area contributed by atoms with Gasteiger partial charge in [0.25, 0.3) is 0 Å². The molecule has 0 radical (unpaired) electrons. The molecule has 60 valence electrons. The summed E-state index contributed by atoms with van der Waals surface area (Å²) in [7, 11) is 0. The maximum Gasteiger partial charge on any atom is 0.247 e. The van der Waals surface area contributed by atoms with Gasteiger partial charge in [-0.05, 0) is 17.9 Å². The lowest BCUT2D eigenvalue weighted by Crippen LogP contribution is -2.04. The minimum absolute atomic E-state index is 0.0305. The van der Waals surface area contributed by atoms with Crippen LogP contribution in [0, 0.1) is 0 Å². The van der Waals surface area contributed by atoms with Crippen molar-refractivity contribution in [1.82, 2.24) is 4.98 Å². The van der Waals surface area contributed by atoms with Crippen LogP contribution in [0.1, 0.15) is 31.7 Å². The number of nitrogens with one attached hydrogen (secondary N) is 1. The van der Waals surface area contributed by atoms with Crippen LogP contribution in [0.15, 0.2) is 23.1 Å². The fourth-order valence-electron chi connectivity index (χ4n) is 0.965. The third-order valence-electron chi connectivity index (χ3n) is 1.99. The molecular weight excluding hydrogens is 138 g/mol. The van der Waals surface area contributed by atoms with E-state index in [9.17, 15) is 4.79 Å². The zero-order chi connectivity index (χ0) is 8.27. The van der Waals surface area contributed by atoms with Crippen LogP contribution in [0.5, 0.6) is 0 Å². The van der Waals surface area contributed by atoms with Crippen LogP contribution in [-0.4, -0.2) is 4.98 Å². The third-order valence-corrected chi connectivity index (χ3v) is 1.99. The van der Waals surface area contributed by atoms with E-state index in [1.165, 1.54) is 5.56 Å². The standard InChI is InChI=1S/C9H13NO/c1-3-7(2)8-4-5-9(11)10-6-8/h4-7H,3H2,1-2H3,(H,10,11). The summed E-state index contributed by atoms with van der Waals surface area (Å²) in [6.45, 7) is 4.28. The van der Waals surface area contributed by atoms with Crippen LogP contribution in [0.25, 0.3) is 0 Å². The van der Waals surface area contributed by atoms with Crippen molar-refractivity contribution in [1.29, 1.82) is 0 Å².